The van der Waals surface area contributed by atoms with E-state index in [-0.39, 0.29) is 0 Å². The predicted molar refractivity (Wildman–Crippen MR) is 109 cm³/mol. The second kappa shape index (κ2) is 7.73. The van der Waals surface area contributed by atoms with Gasteiger partial charge in [0.25, 0.3) is 0 Å². The number of para-hydroxylation sites is 1. The number of aromatic nitrogens is 3. The van der Waals surface area contributed by atoms with E-state index in [1.54, 1.807) is 26.4 Å². The molecule has 7 nitrogen and oxygen atoms in total. The molecule has 0 saturated heterocycles. The van der Waals surface area contributed by atoms with E-state index >= 15 is 0 Å². The molecule has 28 heavy (non-hydrogen) atoms. The molecule has 1 atom stereocenters. The van der Waals surface area contributed by atoms with E-state index in [0.29, 0.717) is 38.8 Å². The highest BCUT2D eigenvalue weighted by atomic mass is 35.5. The van der Waals surface area contributed by atoms with Crippen LogP contribution in [0.1, 0.15) is 11.8 Å². The van der Waals surface area contributed by atoms with Crippen LogP contribution in [0.5, 0.6) is 17.4 Å². The zero-order chi connectivity index (χ0) is 19.7. The Labute approximate surface area is 171 Å². The van der Waals surface area contributed by atoms with Crippen molar-refractivity contribution in [3.8, 4) is 28.6 Å². The summed E-state index contributed by atoms with van der Waals surface area (Å²) in [5.74, 6) is 1.47. The van der Waals surface area contributed by atoms with Crippen molar-refractivity contribution < 1.29 is 14.2 Å². The Balaban J connectivity index is 1.86. The van der Waals surface area contributed by atoms with Gasteiger partial charge in [-0.3, -0.25) is 0 Å². The number of anilines is 1. The van der Waals surface area contributed by atoms with Crippen molar-refractivity contribution in [2.45, 2.75) is 11.4 Å². The maximum absolute atomic E-state index is 6.53. The highest BCUT2D eigenvalue weighted by Crippen LogP contribution is 2.42. The minimum Gasteiger partial charge on any atom is -0.493 e. The quantitative estimate of drug-likeness (QED) is 0.625. The van der Waals surface area contributed by atoms with Gasteiger partial charge >= 0.3 is 0 Å². The molecule has 0 fully saturated rings. The summed E-state index contributed by atoms with van der Waals surface area (Å²) in [4.78, 5) is 4.50. The number of methoxy groups -OCH3 is 2. The van der Waals surface area contributed by atoms with Crippen LogP contribution in [0.15, 0.2) is 41.6 Å². The minimum absolute atomic E-state index is 0.382. The molecule has 0 amide bonds. The monoisotopic (exact) mass is 416 g/mol. The Bertz CT molecular complexity index is 1030. The summed E-state index contributed by atoms with van der Waals surface area (Å²) in [5.41, 5.74) is 2.95. The molecule has 9 heteroatoms. The lowest BCUT2D eigenvalue weighted by Crippen LogP contribution is -2.18. The van der Waals surface area contributed by atoms with Crippen molar-refractivity contribution in [1.29, 1.82) is 0 Å². The summed E-state index contributed by atoms with van der Waals surface area (Å²) in [6.07, 6.45) is 1.27. The second-order valence-electron chi connectivity index (χ2n) is 5.87. The van der Waals surface area contributed by atoms with Gasteiger partial charge in [-0.05, 0) is 18.4 Å². The number of hydrogen-bond acceptors (Lipinski definition) is 8. The number of nitrogens with zero attached hydrogens (tertiary/aromatic N) is 3. The lowest BCUT2D eigenvalue weighted by molar-refractivity contribution is 0.224. The van der Waals surface area contributed by atoms with Gasteiger partial charge in [0, 0.05) is 22.9 Å². The topological polar surface area (TPSA) is 78.4 Å². The molecule has 1 aliphatic heterocycles. The lowest BCUT2D eigenvalue weighted by atomic mass is 10.1. The van der Waals surface area contributed by atoms with E-state index in [0.717, 1.165) is 11.3 Å². The van der Waals surface area contributed by atoms with Crippen LogP contribution in [-0.2, 0) is 0 Å². The van der Waals surface area contributed by atoms with E-state index < -0.39 is 6.23 Å². The first kappa shape index (κ1) is 18.6. The third-order valence-electron chi connectivity index (χ3n) is 4.30. The molecule has 0 unspecified atom stereocenters. The molecule has 1 N–H and O–H groups in total. The van der Waals surface area contributed by atoms with Gasteiger partial charge in [0.2, 0.25) is 11.0 Å². The summed E-state index contributed by atoms with van der Waals surface area (Å²) in [6.45, 7) is 0. The molecule has 0 saturated carbocycles. The molecule has 3 aromatic rings. The molecule has 0 aliphatic carbocycles. The molecule has 2 heterocycles. The van der Waals surface area contributed by atoms with Crippen LogP contribution in [0.25, 0.3) is 11.3 Å². The largest absolute Gasteiger partial charge is 0.493 e. The number of fused-ring (bicyclic) bond motifs is 3. The summed E-state index contributed by atoms with van der Waals surface area (Å²) in [7, 11) is 3.14. The first-order valence-corrected chi connectivity index (χ1v) is 9.97. The molecule has 0 bridgehead atoms. The number of nitrogens with one attached hydrogen (secondary N) is 1. The zero-order valence-corrected chi connectivity index (χ0v) is 17.0. The Kier molecular flexibility index (Phi) is 5.15. The molecule has 0 radical (unpaired) electrons. The van der Waals surface area contributed by atoms with Crippen LogP contribution in [-0.4, -0.2) is 35.7 Å². The van der Waals surface area contributed by atoms with E-state index in [2.05, 4.69) is 20.5 Å². The van der Waals surface area contributed by atoms with Crippen molar-refractivity contribution in [2.75, 3.05) is 25.8 Å². The van der Waals surface area contributed by atoms with E-state index in [1.165, 1.54) is 11.8 Å². The molecule has 0 spiro atoms. The van der Waals surface area contributed by atoms with E-state index in [9.17, 15) is 0 Å². The molecule has 1 aliphatic rings. The highest BCUT2D eigenvalue weighted by Gasteiger charge is 2.28. The summed E-state index contributed by atoms with van der Waals surface area (Å²) >= 11 is 7.92. The van der Waals surface area contributed by atoms with Crippen molar-refractivity contribution in [3.63, 3.8) is 0 Å². The van der Waals surface area contributed by atoms with E-state index in [1.807, 2.05) is 30.5 Å². The fourth-order valence-corrected chi connectivity index (χ4v) is 3.49. The van der Waals surface area contributed by atoms with Crippen LogP contribution >= 0.6 is 23.4 Å². The Hall–Kier alpha value is -2.71. The molecule has 2 aromatic carbocycles. The van der Waals surface area contributed by atoms with Crippen LogP contribution in [0.3, 0.4) is 0 Å². The van der Waals surface area contributed by atoms with Crippen LogP contribution in [0, 0.1) is 0 Å². The average Bonchev–Trinajstić information content (AvgIpc) is 2.89. The highest BCUT2D eigenvalue weighted by molar-refractivity contribution is 7.98. The number of halogens is 1. The molecular formula is C19H17ClN4O3S. The van der Waals surface area contributed by atoms with Gasteiger partial charge in [-0.1, -0.05) is 41.6 Å². The molecular weight excluding hydrogens is 400 g/mol. The van der Waals surface area contributed by atoms with Crippen LogP contribution in [0.4, 0.5) is 5.69 Å². The first-order chi connectivity index (χ1) is 13.6. The molecule has 4 rings (SSSR count). The number of benzene rings is 2. The fourth-order valence-electron chi connectivity index (χ4n) is 2.95. The van der Waals surface area contributed by atoms with Crippen LogP contribution in [0.2, 0.25) is 5.02 Å². The maximum Gasteiger partial charge on any atom is 0.247 e. The van der Waals surface area contributed by atoms with Crippen LogP contribution < -0.4 is 19.5 Å². The average molecular weight is 417 g/mol. The number of ether oxygens (including phenoxy) is 3. The van der Waals surface area contributed by atoms with Gasteiger partial charge < -0.3 is 19.5 Å². The standard InChI is InChI=1S/C19H17ClN4O3S/c1-25-14-8-11(12(20)9-15(14)26-2)17-21-13-7-5-4-6-10(13)16-18(27-17)22-19(28-3)24-23-16/h4-9,17,21H,1-3H3/t17-/m0/s1. The maximum atomic E-state index is 6.53. The van der Waals surface area contributed by atoms with Crippen molar-refractivity contribution in [1.82, 2.24) is 15.2 Å². The van der Waals surface area contributed by atoms with Gasteiger partial charge in [-0.2, -0.15) is 4.98 Å². The summed E-state index contributed by atoms with van der Waals surface area (Å²) in [6, 6.07) is 11.2. The Morgan fingerprint density at radius 2 is 1.86 bits per heavy atom. The molecule has 144 valence electrons. The molecule has 1 aromatic heterocycles. The van der Waals surface area contributed by atoms with Gasteiger partial charge in [0.05, 0.1) is 19.2 Å². The number of thioether (sulfide) groups is 1. The summed E-state index contributed by atoms with van der Waals surface area (Å²) < 4.78 is 16.9. The van der Waals surface area contributed by atoms with Crippen molar-refractivity contribution >= 4 is 29.1 Å². The Morgan fingerprint density at radius 3 is 2.61 bits per heavy atom. The third-order valence-corrected chi connectivity index (χ3v) is 5.17. The van der Waals surface area contributed by atoms with Gasteiger partial charge in [-0.25, -0.2) is 0 Å². The zero-order valence-electron chi connectivity index (χ0n) is 15.4. The smallest absolute Gasteiger partial charge is 0.247 e. The van der Waals surface area contributed by atoms with Gasteiger partial charge in [-0.15, -0.1) is 10.2 Å². The van der Waals surface area contributed by atoms with Crippen molar-refractivity contribution in [2.24, 2.45) is 0 Å². The van der Waals surface area contributed by atoms with Gasteiger partial charge in [0.1, 0.15) is 0 Å². The van der Waals surface area contributed by atoms with E-state index in [4.69, 9.17) is 25.8 Å². The SMILES string of the molecule is COc1cc(Cl)c([C@H]2Nc3ccccc3-c3nnc(SC)nc3O2)cc1OC. The predicted octanol–water partition coefficient (Wildman–Crippen LogP) is 4.43. The number of hydrogen-bond donors (Lipinski definition) is 1. The Morgan fingerprint density at radius 1 is 1.11 bits per heavy atom. The minimum atomic E-state index is -0.610. The van der Waals surface area contributed by atoms with Gasteiger partial charge in [0.15, 0.2) is 23.4 Å². The summed E-state index contributed by atoms with van der Waals surface area (Å²) in [5, 5.41) is 12.8. The normalized spacial score (nSPS) is 14.8. The van der Waals surface area contributed by atoms with Crippen molar-refractivity contribution in [3.05, 3.63) is 47.0 Å². The third kappa shape index (κ3) is 3.29. The lowest BCUT2D eigenvalue weighted by Gasteiger charge is -2.21. The number of rotatable bonds is 4. The fraction of sp³-hybridized carbons (Fsp3) is 0.211. The first-order valence-electron chi connectivity index (χ1n) is 8.37. The second-order valence-corrected chi connectivity index (χ2v) is 7.05.